The van der Waals surface area contributed by atoms with E-state index >= 15 is 0 Å². The van der Waals surface area contributed by atoms with Crippen LogP contribution in [0.5, 0.6) is 0 Å². The second kappa shape index (κ2) is 13.4. The number of amides is 3. The predicted molar refractivity (Wildman–Crippen MR) is 144 cm³/mol. The minimum Gasteiger partial charge on any atom is -0.344 e. The molecule has 200 valence electrons. The van der Waals surface area contributed by atoms with Crippen LogP contribution in [0.15, 0.2) is 24.3 Å². The molecule has 1 aliphatic heterocycles. The fourth-order valence-electron chi connectivity index (χ4n) is 5.20. The van der Waals surface area contributed by atoms with Gasteiger partial charge in [0, 0.05) is 50.0 Å². The summed E-state index contributed by atoms with van der Waals surface area (Å²) in [7, 11) is 3.84. The molecule has 1 N–H and O–H groups in total. The van der Waals surface area contributed by atoms with Crippen LogP contribution in [0.2, 0.25) is 5.02 Å². The zero-order chi connectivity index (χ0) is 26.2. The van der Waals surface area contributed by atoms with E-state index in [1.807, 2.05) is 31.1 Å². The number of nitrogens with zero attached hydrogens (tertiary/aromatic N) is 3. The van der Waals surface area contributed by atoms with Gasteiger partial charge in [-0.3, -0.25) is 14.4 Å². The van der Waals surface area contributed by atoms with Gasteiger partial charge in [0.1, 0.15) is 6.04 Å². The zero-order valence-corrected chi connectivity index (χ0v) is 23.1. The number of nitrogens with one attached hydrogen (secondary N) is 1. The van der Waals surface area contributed by atoms with Crippen LogP contribution in [0.1, 0.15) is 64.4 Å². The molecule has 1 aliphatic carbocycles. The van der Waals surface area contributed by atoms with Gasteiger partial charge in [-0.05, 0) is 50.6 Å². The maximum Gasteiger partial charge on any atom is 0.245 e. The van der Waals surface area contributed by atoms with Crippen LogP contribution in [0.3, 0.4) is 0 Å². The Labute approximate surface area is 221 Å². The molecule has 36 heavy (non-hydrogen) atoms. The first-order valence-corrected chi connectivity index (χ1v) is 13.8. The highest BCUT2D eigenvalue weighted by molar-refractivity contribution is 6.30. The number of hydrogen-bond donors (Lipinski definition) is 1. The Hall–Kier alpha value is -2.12. The molecule has 8 heteroatoms. The van der Waals surface area contributed by atoms with Gasteiger partial charge in [-0.15, -0.1) is 0 Å². The SMILES string of the molecule is CC(C)CC(=O)N(C1CCCCC1)C1CN(C(=O)[C@@H](Cc2ccc(Cl)cc2)NC(=O)CCN(C)C)C1. The molecule has 0 radical (unpaired) electrons. The fraction of sp³-hybridized carbons (Fsp3) is 0.679. The number of hydrogen-bond acceptors (Lipinski definition) is 4. The van der Waals surface area contributed by atoms with Crippen molar-refractivity contribution >= 4 is 29.3 Å². The van der Waals surface area contributed by atoms with Gasteiger partial charge in [-0.25, -0.2) is 0 Å². The van der Waals surface area contributed by atoms with Crippen molar-refractivity contribution in [1.82, 2.24) is 20.0 Å². The van der Waals surface area contributed by atoms with E-state index in [0.29, 0.717) is 49.8 Å². The number of carbonyl (C=O) groups is 3. The molecule has 1 heterocycles. The molecule has 1 aromatic rings. The maximum atomic E-state index is 13.5. The summed E-state index contributed by atoms with van der Waals surface area (Å²) in [4.78, 5) is 45.2. The zero-order valence-electron chi connectivity index (χ0n) is 22.3. The summed E-state index contributed by atoms with van der Waals surface area (Å²) in [6.45, 7) is 5.84. The molecule has 7 nitrogen and oxygen atoms in total. The first-order valence-electron chi connectivity index (χ1n) is 13.4. The summed E-state index contributed by atoms with van der Waals surface area (Å²) >= 11 is 6.03. The lowest BCUT2D eigenvalue weighted by molar-refractivity contribution is -0.152. The van der Waals surface area contributed by atoms with Crippen molar-refractivity contribution < 1.29 is 14.4 Å². The normalized spacial score (nSPS) is 17.7. The van der Waals surface area contributed by atoms with E-state index in [-0.39, 0.29) is 29.8 Å². The predicted octanol–water partition coefficient (Wildman–Crippen LogP) is 3.74. The highest BCUT2D eigenvalue weighted by atomic mass is 35.5. The molecule has 0 bridgehead atoms. The third kappa shape index (κ3) is 8.20. The summed E-state index contributed by atoms with van der Waals surface area (Å²) in [5.41, 5.74) is 0.943. The molecular formula is C28H43ClN4O3. The minimum absolute atomic E-state index is 0.0592. The molecule has 0 spiro atoms. The molecule has 1 saturated carbocycles. The first-order chi connectivity index (χ1) is 17.1. The summed E-state index contributed by atoms with van der Waals surface area (Å²) in [5, 5.41) is 3.61. The Kier molecular flexibility index (Phi) is 10.6. The van der Waals surface area contributed by atoms with Crippen LogP contribution in [-0.2, 0) is 20.8 Å². The summed E-state index contributed by atoms with van der Waals surface area (Å²) in [6, 6.07) is 7.08. The maximum absolute atomic E-state index is 13.5. The van der Waals surface area contributed by atoms with Crippen LogP contribution in [-0.4, -0.2) is 84.3 Å². The Morgan fingerprint density at radius 3 is 2.25 bits per heavy atom. The van der Waals surface area contributed by atoms with Crippen LogP contribution >= 0.6 is 11.6 Å². The Balaban J connectivity index is 1.67. The van der Waals surface area contributed by atoms with Gasteiger partial charge in [-0.1, -0.05) is 56.8 Å². The van der Waals surface area contributed by atoms with Crippen molar-refractivity contribution in [2.75, 3.05) is 33.7 Å². The van der Waals surface area contributed by atoms with Crippen molar-refractivity contribution in [2.45, 2.75) is 83.3 Å². The van der Waals surface area contributed by atoms with Crippen LogP contribution in [0.4, 0.5) is 0 Å². The molecule has 1 atom stereocenters. The fourth-order valence-corrected chi connectivity index (χ4v) is 5.32. The van der Waals surface area contributed by atoms with Gasteiger partial charge >= 0.3 is 0 Å². The van der Waals surface area contributed by atoms with Gasteiger partial charge in [0.25, 0.3) is 0 Å². The second-order valence-electron chi connectivity index (χ2n) is 11.1. The van der Waals surface area contributed by atoms with Gasteiger partial charge in [0.2, 0.25) is 17.7 Å². The second-order valence-corrected chi connectivity index (χ2v) is 11.5. The summed E-state index contributed by atoms with van der Waals surface area (Å²) in [5.74, 6) is 0.301. The van der Waals surface area contributed by atoms with Crippen molar-refractivity contribution in [3.05, 3.63) is 34.9 Å². The van der Waals surface area contributed by atoms with Gasteiger partial charge < -0.3 is 20.0 Å². The Morgan fingerprint density at radius 2 is 1.67 bits per heavy atom. The number of halogens is 1. The number of benzene rings is 1. The average molecular weight is 519 g/mol. The molecule has 2 aliphatic rings. The van der Waals surface area contributed by atoms with E-state index in [0.717, 1.165) is 31.2 Å². The van der Waals surface area contributed by atoms with E-state index in [9.17, 15) is 14.4 Å². The monoisotopic (exact) mass is 518 g/mol. The first kappa shape index (κ1) is 28.5. The van der Waals surface area contributed by atoms with Crippen molar-refractivity contribution in [2.24, 2.45) is 5.92 Å². The van der Waals surface area contributed by atoms with Crippen molar-refractivity contribution in [1.29, 1.82) is 0 Å². The molecule has 0 aromatic heterocycles. The summed E-state index contributed by atoms with van der Waals surface area (Å²) < 4.78 is 0. The van der Waals surface area contributed by atoms with Crippen LogP contribution in [0, 0.1) is 5.92 Å². The van der Waals surface area contributed by atoms with E-state index < -0.39 is 6.04 Å². The molecule has 3 rings (SSSR count). The van der Waals surface area contributed by atoms with Gasteiger partial charge in [-0.2, -0.15) is 0 Å². The quantitative estimate of drug-likeness (QED) is 0.484. The number of likely N-dealkylation sites (tertiary alicyclic amines) is 1. The standard InChI is InChI=1S/C28H43ClN4O3/c1-20(2)16-27(35)33(23-8-6-5-7-9-23)24-18-32(19-24)28(36)25(30-26(34)14-15-31(3)4)17-21-10-12-22(29)13-11-21/h10-13,20,23-25H,5-9,14-19H2,1-4H3,(H,30,34)/t25-/m1/s1. The van der Waals surface area contributed by atoms with Crippen LogP contribution in [0.25, 0.3) is 0 Å². The molecular weight excluding hydrogens is 476 g/mol. The number of rotatable bonds is 11. The highest BCUT2D eigenvalue weighted by Gasteiger charge is 2.42. The van der Waals surface area contributed by atoms with Gasteiger partial charge in [0.15, 0.2) is 0 Å². The smallest absolute Gasteiger partial charge is 0.245 e. The van der Waals surface area contributed by atoms with Crippen molar-refractivity contribution in [3.63, 3.8) is 0 Å². The van der Waals surface area contributed by atoms with E-state index in [1.165, 1.54) is 6.42 Å². The largest absolute Gasteiger partial charge is 0.344 e. The molecule has 3 amide bonds. The van der Waals surface area contributed by atoms with Gasteiger partial charge in [0.05, 0.1) is 6.04 Å². The minimum atomic E-state index is -0.642. The lowest BCUT2D eigenvalue weighted by Gasteiger charge is -2.50. The third-order valence-electron chi connectivity index (χ3n) is 7.18. The molecule has 2 fully saturated rings. The van der Waals surface area contributed by atoms with Crippen molar-refractivity contribution in [3.8, 4) is 0 Å². The highest BCUT2D eigenvalue weighted by Crippen LogP contribution is 2.29. The lowest BCUT2D eigenvalue weighted by atomic mass is 9.90. The van der Waals surface area contributed by atoms with Crippen LogP contribution < -0.4 is 5.32 Å². The topological polar surface area (TPSA) is 73.0 Å². The third-order valence-corrected chi connectivity index (χ3v) is 7.43. The molecule has 1 saturated heterocycles. The Bertz CT molecular complexity index is 877. The molecule has 1 aromatic carbocycles. The number of carbonyl (C=O) groups excluding carboxylic acids is 3. The Morgan fingerprint density at radius 1 is 1.03 bits per heavy atom. The van der Waals surface area contributed by atoms with E-state index in [2.05, 4.69) is 24.1 Å². The average Bonchev–Trinajstić information content (AvgIpc) is 2.80. The lowest BCUT2D eigenvalue weighted by Crippen LogP contribution is -2.67. The van der Waals surface area contributed by atoms with E-state index in [1.54, 1.807) is 17.0 Å². The van der Waals surface area contributed by atoms with E-state index in [4.69, 9.17) is 11.6 Å². The molecule has 0 unspecified atom stereocenters. The summed E-state index contributed by atoms with van der Waals surface area (Å²) in [6.07, 6.45) is 6.94.